The van der Waals surface area contributed by atoms with Crippen molar-refractivity contribution < 1.29 is 24.2 Å². The summed E-state index contributed by atoms with van der Waals surface area (Å²) >= 11 is 0. The molecule has 0 spiro atoms. The fourth-order valence-electron chi connectivity index (χ4n) is 7.74. The summed E-state index contributed by atoms with van der Waals surface area (Å²) in [5.74, 6) is -0.582. The first-order valence-corrected chi connectivity index (χ1v) is 27.0. The molecule has 0 rings (SSSR count). The Morgan fingerprint density at radius 3 is 1.03 bits per heavy atom. The number of ether oxygens (including phenoxy) is 2. The zero-order chi connectivity index (χ0) is 45.6. The standard InChI is InChI=1S/C58H102O5/c1-3-5-7-9-11-13-15-17-19-21-22-23-24-25-26-27-28-29-30-31-32-33-34-35-36-37-39-41-43-45-47-49-51-53-58(61)63-56(54-59)55-62-57(60)52-50-48-46-44-42-40-38-20-18-16-14-12-10-8-6-4-2/h5,7,11,13,17,19,22-23,25-26,28-29,56,59H,3-4,6,8-10,12,14-16,18,20-21,24,27,30-55H2,1-2H3/b7-5-,13-11-,19-17-,23-22-,26-25-,29-28-. The number of aliphatic hydroxyl groups is 1. The number of allylic oxidation sites excluding steroid dienone is 12. The van der Waals surface area contributed by atoms with E-state index in [2.05, 4.69) is 86.8 Å². The third kappa shape index (κ3) is 51.9. The van der Waals surface area contributed by atoms with E-state index in [-0.39, 0.29) is 25.2 Å². The van der Waals surface area contributed by atoms with Crippen molar-refractivity contribution in [1.82, 2.24) is 0 Å². The van der Waals surface area contributed by atoms with Crippen molar-refractivity contribution in [3.63, 3.8) is 0 Å². The molecule has 0 aliphatic carbocycles. The molecule has 0 aliphatic heterocycles. The average Bonchev–Trinajstić information content (AvgIpc) is 3.29. The Balaban J connectivity index is 3.48. The van der Waals surface area contributed by atoms with Crippen LogP contribution in [0.4, 0.5) is 0 Å². The smallest absolute Gasteiger partial charge is 0.306 e. The minimum Gasteiger partial charge on any atom is -0.462 e. The fourth-order valence-corrected chi connectivity index (χ4v) is 7.74. The van der Waals surface area contributed by atoms with Gasteiger partial charge in [-0.3, -0.25) is 9.59 Å². The molecule has 0 saturated heterocycles. The van der Waals surface area contributed by atoms with E-state index in [9.17, 15) is 14.7 Å². The lowest BCUT2D eigenvalue weighted by Crippen LogP contribution is -2.28. The zero-order valence-corrected chi connectivity index (χ0v) is 41.6. The van der Waals surface area contributed by atoms with Crippen LogP contribution >= 0.6 is 0 Å². The van der Waals surface area contributed by atoms with Crippen LogP contribution in [0.15, 0.2) is 72.9 Å². The van der Waals surface area contributed by atoms with E-state index < -0.39 is 6.10 Å². The summed E-state index contributed by atoms with van der Waals surface area (Å²) < 4.78 is 10.7. The van der Waals surface area contributed by atoms with Gasteiger partial charge in [0.15, 0.2) is 6.10 Å². The maximum absolute atomic E-state index is 12.3. The summed E-state index contributed by atoms with van der Waals surface area (Å²) in [6.45, 7) is 4.05. The fraction of sp³-hybridized carbons (Fsp3) is 0.759. The lowest BCUT2D eigenvalue weighted by Gasteiger charge is -2.15. The van der Waals surface area contributed by atoms with E-state index >= 15 is 0 Å². The van der Waals surface area contributed by atoms with Crippen LogP contribution in [0.2, 0.25) is 0 Å². The van der Waals surface area contributed by atoms with E-state index in [0.29, 0.717) is 12.8 Å². The number of aliphatic hydroxyl groups excluding tert-OH is 1. The second-order valence-corrected chi connectivity index (χ2v) is 17.9. The van der Waals surface area contributed by atoms with Gasteiger partial charge in [-0.25, -0.2) is 0 Å². The first kappa shape index (κ1) is 60.3. The van der Waals surface area contributed by atoms with Crippen LogP contribution in [-0.4, -0.2) is 36.4 Å². The third-order valence-corrected chi connectivity index (χ3v) is 11.8. The summed E-state index contributed by atoms with van der Waals surface area (Å²) in [4.78, 5) is 24.5. The lowest BCUT2D eigenvalue weighted by atomic mass is 10.0. The molecule has 1 N–H and O–H groups in total. The number of rotatable bonds is 49. The van der Waals surface area contributed by atoms with E-state index in [1.165, 1.54) is 161 Å². The highest BCUT2D eigenvalue weighted by atomic mass is 16.6. The van der Waals surface area contributed by atoms with Gasteiger partial charge in [0.1, 0.15) is 6.61 Å². The number of hydrogen-bond acceptors (Lipinski definition) is 5. The SMILES string of the molecule is CC/C=C\C/C=C\C/C=C\C/C=C\C/C=C\C/C=C\CCCCCCCCCCCCCCCCC(=O)OC(CO)COC(=O)CCCCCCCCCCCCCCCCCC. The third-order valence-electron chi connectivity index (χ3n) is 11.8. The Morgan fingerprint density at radius 2 is 0.683 bits per heavy atom. The molecule has 1 unspecified atom stereocenters. The van der Waals surface area contributed by atoms with Crippen molar-refractivity contribution in [3.8, 4) is 0 Å². The predicted octanol–water partition coefficient (Wildman–Crippen LogP) is 18.0. The number of carbonyl (C=O) groups excluding carboxylic acids is 2. The Hall–Kier alpha value is -2.66. The molecular formula is C58H102O5. The molecule has 0 aliphatic rings. The van der Waals surface area contributed by atoms with Crippen LogP contribution in [0.25, 0.3) is 0 Å². The zero-order valence-electron chi connectivity index (χ0n) is 41.6. The second-order valence-electron chi connectivity index (χ2n) is 17.9. The monoisotopic (exact) mass is 879 g/mol. The molecule has 0 fully saturated rings. The van der Waals surface area contributed by atoms with Crippen LogP contribution in [0.3, 0.4) is 0 Å². The quantitative estimate of drug-likeness (QED) is 0.0374. The minimum absolute atomic E-state index is 0.0638. The summed E-state index contributed by atoms with van der Waals surface area (Å²) in [5, 5.41) is 9.63. The molecule has 63 heavy (non-hydrogen) atoms. The number of esters is 2. The maximum Gasteiger partial charge on any atom is 0.306 e. The molecular weight excluding hydrogens is 777 g/mol. The highest BCUT2D eigenvalue weighted by molar-refractivity contribution is 5.70. The van der Waals surface area contributed by atoms with Crippen LogP contribution < -0.4 is 0 Å². The van der Waals surface area contributed by atoms with E-state index in [0.717, 1.165) is 77.0 Å². The van der Waals surface area contributed by atoms with Gasteiger partial charge < -0.3 is 14.6 Å². The lowest BCUT2D eigenvalue weighted by molar-refractivity contribution is -0.161. The van der Waals surface area contributed by atoms with E-state index in [1.807, 2.05) is 0 Å². The van der Waals surface area contributed by atoms with Gasteiger partial charge in [0.05, 0.1) is 6.61 Å². The van der Waals surface area contributed by atoms with Crippen LogP contribution in [0.1, 0.15) is 264 Å². The highest BCUT2D eigenvalue weighted by Crippen LogP contribution is 2.16. The molecule has 0 heterocycles. The van der Waals surface area contributed by atoms with Gasteiger partial charge in [0, 0.05) is 12.8 Å². The molecule has 0 amide bonds. The Labute approximate surface area is 391 Å². The molecule has 0 radical (unpaired) electrons. The molecule has 0 bridgehead atoms. The van der Waals surface area contributed by atoms with Gasteiger partial charge >= 0.3 is 11.9 Å². The van der Waals surface area contributed by atoms with Gasteiger partial charge in [-0.05, 0) is 64.2 Å². The first-order valence-electron chi connectivity index (χ1n) is 27.0. The van der Waals surface area contributed by atoms with Crippen molar-refractivity contribution in [2.45, 2.75) is 270 Å². The Kier molecular flexibility index (Phi) is 51.4. The number of hydrogen-bond donors (Lipinski definition) is 1. The van der Waals surface area contributed by atoms with Crippen LogP contribution in [0.5, 0.6) is 0 Å². The van der Waals surface area contributed by atoms with E-state index in [1.54, 1.807) is 0 Å². The molecule has 5 nitrogen and oxygen atoms in total. The molecule has 0 aromatic heterocycles. The van der Waals surface area contributed by atoms with Crippen LogP contribution in [0, 0.1) is 0 Å². The van der Waals surface area contributed by atoms with Crippen molar-refractivity contribution in [2.75, 3.05) is 13.2 Å². The summed E-state index contributed by atoms with van der Waals surface area (Å²) in [5.41, 5.74) is 0. The number of carbonyl (C=O) groups is 2. The molecule has 364 valence electrons. The van der Waals surface area contributed by atoms with Gasteiger partial charge in [0.25, 0.3) is 0 Å². The summed E-state index contributed by atoms with van der Waals surface area (Å²) in [6.07, 6.45) is 72.9. The Bertz CT molecular complexity index is 1130. The summed E-state index contributed by atoms with van der Waals surface area (Å²) in [7, 11) is 0. The van der Waals surface area contributed by atoms with Gasteiger partial charge in [-0.15, -0.1) is 0 Å². The summed E-state index contributed by atoms with van der Waals surface area (Å²) in [6, 6.07) is 0. The molecule has 0 saturated carbocycles. The van der Waals surface area contributed by atoms with Gasteiger partial charge in [-0.2, -0.15) is 0 Å². The van der Waals surface area contributed by atoms with Crippen molar-refractivity contribution in [3.05, 3.63) is 72.9 Å². The van der Waals surface area contributed by atoms with Gasteiger partial charge in [0.2, 0.25) is 0 Å². The normalized spacial score (nSPS) is 12.7. The van der Waals surface area contributed by atoms with E-state index in [4.69, 9.17) is 9.47 Å². The molecule has 0 aromatic rings. The second kappa shape index (κ2) is 53.7. The van der Waals surface area contributed by atoms with Crippen molar-refractivity contribution >= 4 is 11.9 Å². The van der Waals surface area contributed by atoms with Crippen molar-refractivity contribution in [1.29, 1.82) is 0 Å². The first-order chi connectivity index (χ1) is 31.1. The molecule has 1 atom stereocenters. The Morgan fingerprint density at radius 1 is 0.381 bits per heavy atom. The highest BCUT2D eigenvalue weighted by Gasteiger charge is 2.16. The average molecular weight is 879 g/mol. The maximum atomic E-state index is 12.3. The van der Waals surface area contributed by atoms with Crippen LogP contribution in [-0.2, 0) is 19.1 Å². The molecule has 0 aromatic carbocycles. The predicted molar refractivity (Wildman–Crippen MR) is 274 cm³/mol. The van der Waals surface area contributed by atoms with Crippen molar-refractivity contribution in [2.24, 2.45) is 0 Å². The molecule has 5 heteroatoms. The number of unbranched alkanes of at least 4 members (excludes halogenated alkanes) is 29. The minimum atomic E-state index is -0.772. The largest absolute Gasteiger partial charge is 0.462 e. The topological polar surface area (TPSA) is 72.8 Å². The van der Waals surface area contributed by atoms with Gasteiger partial charge in [-0.1, -0.05) is 260 Å².